The van der Waals surface area contributed by atoms with Crippen LogP contribution < -0.4 is 0 Å². The molecule has 0 saturated carbocycles. The Morgan fingerprint density at radius 3 is 3.11 bits per heavy atom. The third-order valence-corrected chi connectivity index (χ3v) is 3.33. The van der Waals surface area contributed by atoms with Gasteiger partial charge in [0.25, 0.3) is 0 Å². The van der Waals surface area contributed by atoms with Crippen molar-refractivity contribution in [3.05, 3.63) is 30.1 Å². The van der Waals surface area contributed by atoms with E-state index in [0.717, 1.165) is 13.1 Å². The number of aliphatic hydroxyl groups excluding tert-OH is 1. The minimum atomic E-state index is 0.152. The third kappa shape index (κ3) is 3.56. The van der Waals surface area contributed by atoms with Crippen molar-refractivity contribution in [2.24, 2.45) is 0 Å². The number of aromatic nitrogens is 1. The van der Waals surface area contributed by atoms with Gasteiger partial charge in [0.1, 0.15) is 0 Å². The van der Waals surface area contributed by atoms with Crippen LogP contribution in [-0.2, 0) is 0 Å². The number of likely N-dealkylation sites (tertiary alicyclic amines) is 1. The van der Waals surface area contributed by atoms with Gasteiger partial charge in [0, 0.05) is 24.9 Å². The number of pyridine rings is 1. The van der Waals surface area contributed by atoms with Crippen molar-refractivity contribution in [2.75, 3.05) is 19.7 Å². The SMILES string of the molecule is OCCC#CCN1CCCC[C@H]1c1cccnc1. The van der Waals surface area contributed by atoms with Crippen molar-refractivity contribution in [1.82, 2.24) is 9.88 Å². The second kappa shape index (κ2) is 7.15. The van der Waals surface area contributed by atoms with Gasteiger partial charge < -0.3 is 5.11 Å². The monoisotopic (exact) mass is 244 g/mol. The van der Waals surface area contributed by atoms with E-state index in [4.69, 9.17) is 5.11 Å². The van der Waals surface area contributed by atoms with E-state index in [1.54, 1.807) is 0 Å². The molecule has 1 aromatic heterocycles. The smallest absolute Gasteiger partial charge is 0.0606 e. The lowest BCUT2D eigenvalue weighted by Crippen LogP contribution is -2.33. The summed E-state index contributed by atoms with van der Waals surface area (Å²) in [4.78, 5) is 6.63. The van der Waals surface area contributed by atoms with Gasteiger partial charge in [0.15, 0.2) is 0 Å². The van der Waals surface area contributed by atoms with Crippen LogP contribution in [-0.4, -0.2) is 34.7 Å². The number of hydrogen-bond acceptors (Lipinski definition) is 3. The summed E-state index contributed by atoms with van der Waals surface area (Å²) in [5.74, 6) is 6.15. The molecule has 18 heavy (non-hydrogen) atoms. The lowest BCUT2D eigenvalue weighted by molar-refractivity contribution is 0.169. The van der Waals surface area contributed by atoms with Gasteiger partial charge in [-0.25, -0.2) is 0 Å². The first-order valence-electron chi connectivity index (χ1n) is 6.62. The molecule has 0 radical (unpaired) electrons. The molecule has 1 aliphatic heterocycles. The van der Waals surface area contributed by atoms with E-state index in [2.05, 4.69) is 27.8 Å². The molecule has 1 atom stereocenters. The lowest BCUT2D eigenvalue weighted by atomic mass is 9.96. The minimum absolute atomic E-state index is 0.152. The van der Waals surface area contributed by atoms with E-state index in [9.17, 15) is 0 Å². The second-order valence-electron chi connectivity index (χ2n) is 4.60. The quantitative estimate of drug-likeness (QED) is 0.826. The molecule has 0 amide bonds. The van der Waals surface area contributed by atoms with Crippen LogP contribution in [0.5, 0.6) is 0 Å². The average molecular weight is 244 g/mol. The van der Waals surface area contributed by atoms with Crippen LogP contribution in [0.25, 0.3) is 0 Å². The van der Waals surface area contributed by atoms with Gasteiger partial charge in [-0.05, 0) is 31.0 Å². The number of piperidine rings is 1. The van der Waals surface area contributed by atoms with Crippen LogP contribution in [0.2, 0.25) is 0 Å². The zero-order valence-electron chi connectivity index (χ0n) is 10.7. The molecule has 3 heteroatoms. The zero-order chi connectivity index (χ0) is 12.6. The fraction of sp³-hybridized carbons (Fsp3) is 0.533. The summed E-state index contributed by atoms with van der Waals surface area (Å²) in [6, 6.07) is 4.60. The molecule has 0 aliphatic carbocycles. The predicted octanol–water partition coefficient (Wildman–Crippen LogP) is 1.99. The summed E-state index contributed by atoms with van der Waals surface area (Å²) in [5.41, 5.74) is 1.29. The van der Waals surface area contributed by atoms with Crippen LogP contribution >= 0.6 is 0 Å². The highest BCUT2D eigenvalue weighted by Gasteiger charge is 2.22. The summed E-state index contributed by atoms with van der Waals surface area (Å²) in [6.45, 7) is 2.05. The second-order valence-corrected chi connectivity index (χ2v) is 4.60. The van der Waals surface area contributed by atoms with Crippen LogP contribution in [0.15, 0.2) is 24.5 Å². The number of aliphatic hydroxyl groups is 1. The Kier molecular flexibility index (Phi) is 5.19. The maximum absolute atomic E-state index is 8.71. The Morgan fingerprint density at radius 2 is 2.33 bits per heavy atom. The molecule has 0 aromatic carbocycles. The van der Waals surface area contributed by atoms with Crippen molar-refractivity contribution in [2.45, 2.75) is 31.7 Å². The van der Waals surface area contributed by atoms with Gasteiger partial charge in [-0.3, -0.25) is 9.88 Å². The molecular formula is C15H20N2O. The van der Waals surface area contributed by atoms with Crippen LogP contribution in [0.3, 0.4) is 0 Å². The number of nitrogens with zero attached hydrogens (tertiary/aromatic N) is 2. The molecule has 0 spiro atoms. The molecule has 1 aromatic rings. The maximum atomic E-state index is 8.71. The average Bonchev–Trinajstić information content (AvgIpc) is 2.45. The molecular weight excluding hydrogens is 224 g/mol. The van der Waals surface area contributed by atoms with Crippen LogP contribution in [0.4, 0.5) is 0 Å². The zero-order valence-corrected chi connectivity index (χ0v) is 10.7. The Balaban J connectivity index is 2.01. The summed E-state index contributed by atoms with van der Waals surface area (Å²) >= 11 is 0. The van der Waals surface area contributed by atoms with Gasteiger partial charge in [-0.2, -0.15) is 0 Å². The predicted molar refractivity (Wildman–Crippen MR) is 71.9 cm³/mol. The Hall–Kier alpha value is -1.37. The Bertz CT molecular complexity index is 407. The van der Waals surface area contributed by atoms with E-state index in [1.165, 1.54) is 24.8 Å². The molecule has 1 fully saturated rings. The first-order chi connectivity index (χ1) is 8.92. The van der Waals surface area contributed by atoms with E-state index >= 15 is 0 Å². The topological polar surface area (TPSA) is 36.4 Å². The van der Waals surface area contributed by atoms with Crippen molar-refractivity contribution in [1.29, 1.82) is 0 Å². The molecule has 3 nitrogen and oxygen atoms in total. The van der Waals surface area contributed by atoms with E-state index in [1.807, 2.05) is 18.5 Å². The first kappa shape index (κ1) is 13.1. The highest BCUT2D eigenvalue weighted by atomic mass is 16.2. The van der Waals surface area contributed by atoms with Crippen molar-refractivity contribution in [3.63, 3.8) is 0 Å². The van der Waals surface area contributed by atoms with Crippen LogP contribution in [0.1, 0.15) is 37.3 Å². The number of rotatable bonds is 3. The normalized spacial score (nSPS) is 20.2. The van der Waals surface area contributed by atoms with Gasteiger partial charge in [-0.1, -0.05) is 24.3 Å². The standard InChI is InChI=1S/C15H20N2O/c18-12-5-1-3-10-17-11-4-2-8-15(17)14-7-6-9-16-13-14/h6-7,9,13,15,18H,2,4-5,8,10-12H2/t15-/m0/s1. The van der Waals surface area contributed by atoms with Crippen molar-refractivity contribution < 1.29 is 5.11 Å². The third-order valence-electron chi connectivity index (χ3n) is 3.33. The summed E-state index contributed by atoms with van der Waals surface area (Å²) < 4.78 is 0. The van der Waals surface area contributed by atoms with Gasteiger partial charge in [0.2, 0.25) is 0 Å². The first-order valence-corrected chi connectivity index (χ1v) is 6.62. The molecule has 0 bridgehead atoms. The fourth-order valence-corrected chi connectivity index (χ4v) is 2.43. The van der Waals surface area contributed by atoms with Crippen LogP contribution in [0, 0.1) is 11.8 Å². The summed E-state index contributed by atoms with van der Waals surface area (Å²) in [5, 5.41) is 8.71. The fourth-order valence-electron chi connectivity index (χ4n) is 2.43. The van der Waals surface area contributed by atoms with Gasteiger partial charge in [0.05, 0.1) is 13.2 Å². The Labute approximate surface area is 109 Å². The van der Waals surface area contributed by atoms with Crippen molar-refractivity contribution in [3.8, 4) is 11.8 Å². The molecule has 1 N–H and O–H groups in total. The summed E-state index contributed by atoms with van der Waals surface area (Å²) in [6.07, 6.45) is 8.07. The largest absolute Gasteiger partial charge is 0.395 e. The molecule has 0 unspecified atom stereocenters. The molecule has 1 aliphatic rings. The van der Waals surface area contributed by atoms with E-state index in [-0.39, 0.29) is 6.61 Å². The molecule has 1 saturated heterocycles. The van der Waals surface area contributed by atoms with Gasteiger partial charge in [-0.15, -0.1) is 0 Å². The summed E-state index contributed by atoms with van der Waals surface area (Å²) in [7, 11) is 0. The minimum Gasteiger partial charge on any atom is -0.395 e. The molecule has 2 rings (SSSR count). The molecule has 2 heterocycles. The lowest BCUT2D eigenvalue weighted by Gasteiger charge is -2.34. The van der Waals surface area contributed by atoms with Gasteiger partial charge >= 0.3 is 0 Å². The Morgan fingerprint density at radius 1 is 1.39 bits per heavy atom. The molecule has 96 valence electrons. The number of hydrogen-bond donors (Lipinski definition) is 1. The van der Waals surface area contributed by atoms with E-state index in [0.29, 0.717) is 12.5 Å². The van der Waals surface area contributed by atoms with E-state index < -0.39 is 0 Å². The highest BCUT2D eigenvalue weighted by Crippen LogP contribution is 2.29. The maximum Gasteiger partial charge on any atom is 0.0606 e. The van der Waals surface area contributed by atoms with Crippen molar-refractivity contribution >= 4 is 0 Å². The highest BCUT2D eigenvalue weighted by molar-refractivity contribution is 5.16.